The smallest absolute Gasteiger partial charge is 0.339 e. The molecule has 0 aromatic heterocycles. The summed E-state index contributed by atoms with van der Waals surface area (Å²) in [5.41, 5.74) is 1.64. The van der Waals surface area contributed by atoms with Gasteiger partial charge in [-0.3, -0.25) is 4.90 Å². The highest BCUT2D eigenvalue weighted by atomic mass is 35.5. The van der Waals surface area contributed by atoms with E-state index in [1.165, 1.54) is 5.56 Å². The lowest BCUT2D eigenvalue weighted by atomic mass is 10.2. The Labute approximate surface area is 148 Å². The molecule has 0 N–H and O–H groups in total. The molecule has 0 spiro atoms. The Bertz CT molecular complexity index is 619. The van der Waals surface area contributed by atoms with Crippen LogP contribution in [0.25, 0.3) is 0 Å². The van der Waals surface area contributed by atoms with E-state index in [4.69, 9.17) is 16.3 Å². The first-order chi connectivity index (χ1) is 10.6. The quantitative estimate of drug-likeness (QED) is 0.727. The molecule has 0 amide bonds. The third-order valence-electron chi connectivity index (χ3n) is 3.27. The Balaban J connectivity index is 0.00000264. The van der Waals surface area contributed by atoms with Gasteiger partial charge < -0.3 is 17.1 Å². The lowest BCUT2D eigenvalue weighted by Crippen LogP contribution is -3.00. The van der Waals surface area contributed by atoms with Gasteiger partial charge in [0.05, 0.1) is 10.6 Å². The fourth-order valence-electron chi connectivity index (χ4n) is 2.31. The molecule has 23 heavy (non-hydrogen) atoms. The van der Waals surface area contributed by atoms with E-state index in [0.717, 1.165) is 6.54 Å². The molecule has 0 aliphatic rings. The van der Waals surface area contributed by atoms with Crippen LogP contribution in [0.4, 0.5) is 0 Å². The predicted molar refractivity (Wildman–Crippen MR) is 89.1 cm³/mol. The molecule has 0 fully saturated rings. The Morgan fingerprint density at radius 2 is 1.74 bits per heavy atom. The maximum atomic E-state index is 12.1. The number of carbonyl (C=O) groups is 1. The molecule has 0 saturated carbocycles. The van der Waals surface area contributed by atoms with Crippen molar-refractivity contribution in [2.75, 3.05) is 13.6 Å². The maximum Gasteiger partial charge on any atom is 0.339 e. The fourth-order valence-corrected chi connectivity index (χ4v) is 2.52. The van der Waals surface area contributed by atoms with Crippen LogP contribution in [0, 0.1) is 0 Å². The van der Waals surface area contributed by atoms with Gasteiger partial charge in [0.2, 0.25) is 0 Å². The van der Waals surface area contributed by atoms with Crippen molar-refractivity contribution < 1.29 is 21.9 Å². The van der Waals surface area contributed by atoms with Crippen molar-refractivity contribution in [3.05, 3.63) is 70.7 Å². The summed E-state index contributed by atoms with van der Waals surface area (Å²) in [6, 6.07) is 17.1. The van der Waals surface area contributed by atoms with Gasteiger partial charge in [-0.15, -0.1) is 0 Å². The first-order valence-electron chi connectivity index (χ1n) is 7.24. The molecule has 0 bridgehead atoms. The van der Waals surface area contributed by atoms with Gasteiger partial charge in [0.25, 0.3) is 0 Å². The van der Waals surface area contributed by atoms with E-state index in [0.29, 0.717) is 17.1 Å². The number of benzene rings is 2. The van der Waals surface area contributed by atoms with Crippen LogP contribution >= 0.6 is 11.6 Å². The third-order valence-corrected chi connectivity index (χ3v) is 3.60. The lowest BCUT2D eigenvalue weighted by molar-refractivity contribution is -0.0000424. The molecule has 5 heteroatoms. The average Bonchev–Trinajstić information content (AvgIpc) is 2.48. The minimum absolute atomic E-state index is 0. The molecule has 0 radical (unpaired) electrons. The molecule has 0 aliphatic heterocycles. The van der Waals surface area contributed by atoms with E-state index >= 15 is 0 Å². The van der Waals surface area contributed by atoms with Crippen LogP contribution in [0.1, 0.15) is 22.8 Å². The number of nitrogens with zero attached hydrogens (tertiary/aromatic N) is 1. The summed E-state index contributed by atoms with van der Waals surface area (Å²) in [5, 5.41) is 0.414. The maximum absolute atomic E-state index is 12.1. The second-order valence-corrected chi connectivity index (χ2v) is 5.79. The minimum atomic E-state index is -0.383. The van der Waals surface area contributed by atoms with Crippen LogP contribution < -0.4 is 12.4 Å². The number of esters is 1. The molecule has 2 aromatic rings. The van der Waals surface area contributed by atoms with Crippen molar-refractivity contribution in [2.45, 2.75) is 19.6 Å². The SMILES string of the molecule is CC(CN(C)Cc1ccccc1)OC(=O)c1ccccc1Cl.[Cl-]. The Kier molecular flexibility index (Phi) is 8.10. The molecule has 0 aliphatic carbocycles. The van der Waals surface area contributed by atoms with E-state index in [2.05, 4.69) is 17.0 Å². The van der Waals surface area contributed by atoms with E-state index < -0.39 is 0 Å². The van der Waals surface area contributed by atoms with Crippen LogP contribution in [0.5, 0.6) is 0 Å². The van der Waals surface area contributed by atoms with E-state index in [1.54, 1.807) is 24.3 Å². The van der Waals surface area contributed by atoms with E-state index in [-0.39, 0.29) is 24.5 Å². The Morgan fingerprint density at radius 1 is 1.13 bits per heavy atom. The molecule has 124 valence electrons. The van der Waals surface area contributed by atoms with Crippen molar-refractivity contribution in [1.29, 1.82) is 0 Å². The number of hydrogen-bond acceptors (Lipinski definition) is 3. The fraction of sp³-hybridized carbons (Fsp3) is 0.278. The summed E-state index contributed by atoms with van der Waals surface area (Å²) in [7, 11) is 2.01. The van der Waals surface area contributed by atoms with Crippen LogP contribution in [-0.2, 0) is 11.3 Å². The molecule has 2 rings (SSSR count). The Morgan fingerprint density at radius 3 is 2.39 bits per heavy atom. The van der Waals surface area contributed by atoms with Crippen molar-refractivity contribution in [3.63, 3.8) is 0 Å². The van der Waals surface area contributed by atoms with Crippen LogP contribution in [0.2, 0.25) is 5.02 Å². The first kappa shape index (κ1) is 19.5. The zero-order valence-corrected chi connectivity index (χ0v) is 14.7. The summed E-state index contributed by atoms with van der Waals surface area (Å²) in [6.07, 6.45) is -0.211. The summed E-state index contributed by atoms with van der Waals surface area (Å²) < 4.78 is 5.46. The van der Waals surface area contributed by atoms with Crippen molar-refractivity contribution in [3.8, 4) is 0 Å². The second-order valence-electron chi connectivity index (χ2n) is 5.38. The monoisotopic (exact) mass is 352 g/mol. The zero-order valence-electron chi connectivity index (χ0n) is 13.2. The van der Waals surface area contributed by atoms with Gasteiger partial charge in [-0.05, 0) is 31.7 Å². The molecular weight excluding hydrogens is 333 g/mol. The van der Waals surface area contributed by atoms with Gasteiger partial charge >= 0.3 is 5.97 Å². The van der Waals surface area contributed by atoms with Gasteiger partial charge in [-0.1, -0.05) is 54.1 Å². The summed E-state index contributed by atoms with van der Waals surface area (Å²) in [6.45, 7) is 3.36. The molecule has 3 nitrogen and oxygen atoms in total. The number of likely N-dealkylation sites (N-methyl/N-ethyl adjacent to an activating group) is 1. The molecule has 2 aromatic carbocycles. The highest BCUT2D eigenvalue weighted by Gasteiger charge is 2.16. The van der Waals surface area contributed by atoms with Crippen LogP contribution in [0.3, 0.4) is 0 Å². The van der Waals surface area contributed by atoms with Crippen LogP contribution in [-0.4, -0.2) is 30.6 Å². The summed E-state index contributed by atoms with van der Waals surface area (Å²) in [4.78, 5) is 14.2. The van der Waals surface area contributed by atoms with E-state index in [1.807, 2.05) is 32.2 Å². The van der Waals surface area contributed by atoms with Crippen molar-refractivity contribution in [1.82, 2.24) is 4.90 Å². The third kappa shape index (κ3) is 6.22. The normalized spacial score (nSPS) is 11.7. The van der Waals surface area contributed by atoms with E-state index in [9.17, 15) is 4.79 Å². The van der Waals surface area contributed by atoms with Crippen molar-refractivity contribution in [2.24, 2.45) is 0 Å². The summed E-state index contributed by atoms with van der Waals surface area (Å²) in [5.74, 6) is -0.383. The van der Waals surface area contributed by atoms with Gasteiger partial charge in [0, 0.05) is 13.1 Å². The first-order valence-corrected chi connectivity index (χ1v) is 7.62. The van der Waals surface area contributed by atoms with Gasteiger partial charge in [0.15, 0.2) is 0 Å². The van der Waals surface area contributed by atoms with Crippen LogP contribution in [0.15, 0.2) is 54.6 Å². The molecular formula is C18H20Cl2NO2-. The summed E-state index contributed by atoms with van der Waals surface area (Å²) >= 11 is 6.00. The number of hydrogen-bond donors (Lipinski definition) is 0. The lowest BCUT2D eigenvalue weighted by Gasteiger charge is -2.21. The van der Waals surface area contributed by atoms with Gasteiger partial charge in [-0.25, -0.2) is 4.79 Å². The molecule has 0 saturated heterocycles. The average molecular weight is 353 g/mol. The van der Waals surface area contributed by atoms with Crippen molar-refractivity contribution >= 4 is 17.6 Å². The zero-order chi connectivity index (χ0) is 15.9. The molecule has 1 atom stereocenters. The highest BCUT2D eigenvalue weighted by Crippen LogP contribution is 2.16. The highest BCUT2D eigenvalue weighted by molar-refractivity contribution is 6.33. The molecule has 1 unspecified atom stereocenters. The number of rotatable bonds is 6. The predicted octanol–water partition coefficient (Wildman–Crippen LogP) is 1.02. The minimum Gasteiger partial charge on any atom is -1.00 e. The van der Waals surface area contributed by atoms with Gasteiger partial charge in [0.1, 0.15) is 6.10 Å². The number of halogens is 2. The number of ether oxygens (including phenoxy) is 1. The Hall–Kier alpha value is -1.55. The largest absolute Gasteiger partial charge is 1.00 e. The molecule has 0 heterocycles. The second kappa shape index (κ2) is 9.56. The number of carbonyl (C=O) groups excluding carboxylic acids is 1. The topological polar surface area (TPSA) is 29.5 Å². The van der Waals surface area contributed by atoms with Gasteiger partial charge in [-0.2, -0.15) is 0 Å². The standard InChI is InChI=1S/C18H20ClNO2.ClH/c1-14(12-20(2)13-15-8-4-3-5-9-15)22-18(21)16-10-6-7-11-17(16)19;/h3-11,14H,12-13H2,1-2H3;1H/p-1.